The highest BCUT2D eigenvalue weighted by Gasteiger charge is 2.39. The monoisotopic (exact) mass is 212 g/mol. The van der Waals surface area contributed by atoms with E-state index in [9.17, 15) is 0 Å². The molecule has 2 aliphatic rings. The molecule has 0 bridgehead atoms. The van der Waals surface area contributed by atoms with Crippen LogP contribution in [0.15, 0.2) is 0 Å². The summed E-state index contributed by atoms with van der Waals surface area (Å²) in [6.45, 7) is 6.67. The number of rotatable bonds is 1. The molecule has 0 aromatic rings. The van der Waals surface area contributed by atoms with Crippen molar-refractivity contribution in [1.82, 2.24) is 10.2 Å². The average molecular weight is 212 g/mol. The smallest absolute Gasteiger partial charge is 0.00644 e. The maximum atomic E-state index is 3.41. The zero-order valence-corrected chi connectivity index (χ0v) is 11.0. The van der Waals surface area contributed by atoms with Gasteiger partial charge in [-0.3, -0.25) is 0 Å². The van der Waals surface area contributed by atoms with Crippen LogP contribution in [0.1, 0.15) is 46.0 Å². The fourth-order valence-electron chi connectivity index (χ4n) is 3.09. The normalized spacial score (nSPS) is 36.4. The number of hydrogen-bond donors (Lipinski definition) is 1. The van der Waals surface area contributed by atoms with Gasteiger partial charge in [0, 0.05) is 12.6 Å². The molecule has 15 heavy (non-hydrogen) atoms. The third-order valence-corrected chi connectivity index (χ3v) is 4.08. The van der Waals surface area contributed by atoms with E-state index >= 15 is 0 Å². The van der Waals surface area contributed by atoms with Gasteiger partial charge >= 0.3 is 0 Å². The number of nitrogens with one attached hydrogen (secondary N) is 1. The molecule has 90 valence electrons. The molecule has 1 aliphatic heterocycles. The zero-order valence-electron chi connectivity index (χ0n) is 11.0. The van der Waals surface area contributed by atoms with Crippen LogP contribution >= 0.6 is 0 Å². The van der Waals surface area contributed by atoms with Gasteiger partial charge in [0.25, 0.3) is 0 Å². The highest BCUT2D eigenvalue weighted by atomic mass is 15.1. The Kier molecular flexibility index (Phi) is 5.07. The minimum absolute atomic E-state index is 0.710. The molecular formula is C13H28N2. The van der Waals surface area contributed by atoms with E-state index < -0.39 is 0 Å². The fourth-order valence-corrected chi connectivity index (χ4v) is 3.09. The van der Waals surface area contributed by atoms with Gasteiger partial charge in [-0.1, -0.05) is 13.8 Å². The lowest BCUT2D eigenvalue weighted by Gasteiger charge is -2.37. The molecule has 1 N–H and O–H groups in total. The van der Waals surface area contributed by atoms with Gasteiger partial charge < -0.3 is 10.2 Å². The van der Waals surface area contributed by atoms with Crippen LogP contribution in [0.4, 0.5) is 0 Å². The van der Waals surface area contributed by atoms with Crippen LogP contribution in [-0.4, -0.2) is 38.1 Å². The Bertz CT molecular complexity index is 171. The van der Waals surface area contributed by atoms with Crippen LogP contribution in [0.5, 0.6) is 0 Å². The second-order valence-corrected chi connectivity index (χ2v) is 5.05. The fraction of sp³-hybridized carbons (Fsp3) is 1.00. The van der Waals surface area contributed by atoms with E-state index in [1.165, 1.54) is 45.2 Å². The van der Waals surface area contributed by atoms with Crippen LogP contribution < -0.4 is 5.32 Å². The van der Waals surface area contributed by atoms with Crippen LogP contribution in [0, 0.1) is 5.41 Å². The summed E-state index contributed by atoms with van der Waals surface area (Å²) >= 11 is 0. The van der Waals surface area contributed by atoms with Gasteiger partial charge in [0.1, 0.15) is 0 Å². The van der Waals surface area contributed by atoms with E-state index in [4.69, 9.17) is 0 Å². The van der Waals surface area contributed by atoms with E-state index in [0.717, 1.165) is 6.04 Å². The lowest BCUT2D eigenvalue weighted by atomic mass is 9.72. The van der Waals surface area contributed by atoms with Gasteiger partial charge in [-0.2, -0.15) is 0 Å². The lowest BCUT2D eigenvalue weighted by Crippen LogP contribution is -2.37. The number of likely N-dealkylation sites (tertiary alicyclic amines) is 1. The minimum Gasteiger partial charge on any atom is -0.317 e. The second kappa shape index (κ2) is 5.86. The Morgan fingerprint density at radius 3 is 2.13 bits per heavy atom. The molecule has 2 nitrogen and oxygen atoms in total. The quantitative estimate of drug-likeness (QED) is 0.718. The summed E-state index contributed by atoms with van der Waals surface area (Å²) in [7, 11) is 4.36. The summed E-state index contributed by atoms with van der Waals surface area (Å²) < 4.78 is 0. The summed E-state index contributed by atoms with van der Waals surface area (Å²) in [5.74, 6) is 0. The molecule has 0 atom stereocenters. The summed E-state index contributed by atoms with van der Waals surface area (Å²) in [6, 6.07) is 0.802. The van der Waals surface area contributed by atoms with Crippen LogP contribution in [-0.2, 0) is 0 Å². The molecular weight excluding hydrogens is 184 g/mol. The summed E-state index contributed by atoms with van der Waals surface area (Å²) in [5, 5.41) is 3.41. The molecule has 0 radical (unpaired) electrons. The van der Waals surface area contributed by atoms with Crippen molar-refractivity contribution in [3.05, 3.63) is 0 Å². The highest BCUT2D eigenvalue weighted by molar-refractivity contribution is 4.93. The first kappa shape index (κ1) is 13.0. The van der Waals surface area contributed by atoms with Crippen molar-refractivity contribution in [3.63, 3.8) is 0 Å². The maximum absolute atomic E-state index is 3.41. The number of nitrogens with zero attached hydrogens (tertiary/aromatic N) is 1. The largest absolute Gasteiger partial charge is 0.317 e. The van der Waals surface area contributed by atoms with Crippen LogP contribution in [0.25, 0.3) is 0 Å². The lowest BCUT2D eigenvalue weighted by molar-refractivity contribution is 0.172. The average Bonchev–Trinajstić information content (AvgIpc) is 2.64. The first-order valence-electron chi connectivity index (χ1n) is 6.60. The highest BCUT2D eigenvalue weighted by Crippen LogP contribution is 2.43. The van der Waals surface area contributed by atoms with Gasteiger partial charge in [0.2, 0.25) is 0 Å². The van der Waals surface area contributed by atoms with Gasteiger partial charge in [0.15, 0.2) is 0 Å². The molecule has 2 rings (SSSR count). The molecule has 1 heterocycles. The van der Waals surface area contributed by atoms with Crippen molar-refractivity contribution in [2.24, 2.45) is 5.41 Å². The van der Waals surface area contributed by atoms with Crippen molar-refractivity contribution in [3.8, 4) is 0 Å². The third-order valence-electron chi connectivity index (χ3n) is 4.08. The molecule has 0 amide bonds. The minimum atomic E-state index is 0.710. The topological polar surface area (TPSA) is 15.3 Å². The van der Waals surface area contributed by atoms with Gasteiger partial charge in [-0.05, 0) is 58.2 Å². The predicted octanol–water partition coefficient (Wildman–Crippen LogP) is 2.50. The summed E-state index contributed by atoms with van der Waals surface area (Å²) in [6.07, 6.45) is 7.13. The molecule has 2 fully saturated rings. The predicted molar refractivity (Wildman–Crippen MR) is 67.2 cm³/mol. The Balaban J connectivity index is 0.000000531. The SMILES string of the molecule is CC.CNC1CCC2(CC1)CCN(C)C2. The first-order chi connectivity index (χ1) is 7.24. The molecule has 1 spiro atoms. The molecule has 2 heteroatoms. The molecule has 1 saturated heterocycles. The maximum Gasteiger partial charge on any atom is 0.00644 e. The van der Waals surface area contributed by atoms with Crippen molar-refractivity contribution >= 4 is 0 Å². The Morgan fingerprint density at radius 2 is 1.73 bits per heavy atom. The molecule has 0 aromatic carbocycles. The first-order valence-corrected chi connectivity index (χ1v) is 6.60. The standard InChI is InChI=1S/C11H22N2.C2H6/c1-12-10-3-5-11(6-4-10)7-8-13(2)9-11;1-2/h10,12H,3-9H2,1-2H3;1-2H3. The second-order valence-electron chi connectivity index (χ2n) is 5.05. The van der Waals surface area contributed by atoms with Crippen LogP contribution in [0.2, 0.25) is 0 Å². The molecule has 1 saturated carbocycles. The molecule has 1 aliphatic carbocycles. The van der Waals surface area contributed by atoms with E-state index in [1.807, 2.05) is 13.8 Å². The van der Waals surface area contributed by atoms with Gasteiger partial charge in [-0.15, -0.1) is 0 Å². The third kappa shape index (κ3) is 3.18. The van der Waals surface area contributed by atoms with E-state index in [2.05, 4.69) is 24.3 Å². The van der Waals surface area contributed by atoms with E-state index in [0.29, 0.717) is 5.41 Å². The van der Waals surface area contributed by atoms with E-state index in [1.54, 1.807) is 0 Å². The van der Waals surface area contributed by atoms with Crippen molar-refractivity contribution in [1.29, 1.82) is 0 Å². The molecule has 0 unspecified atom stereocenters. The zero-order chi connectivity index (χ0) is 11.3. The van der Waals surface area contributed by atoms with Crippen molar-refractivity contribution in [2.75, 3.05) is 27.2 Å². The van der Waals surface area contributed by atoms with Crippen molar-refractivity contribution in [2.45, 2.75) is 52.0 Å². The van der Waals surface area contributed by atoms with Gasteiger partial charge in [-0.25, -0.2) is 0 Å². The number of hydrogen-bond acceptors (Lipinski definition) is 2. The van der Waals surface area contributed by atoms with Crippen LogP contribution in [0.3, 0.4) is 0 Å². The Hall–Kier alpha value is -0.0800. The van der Waals surface area contributed by atoms with Crippen molar-refractivity contribution < 1.29 is 0 Å². The Labute approximate surface area is 95.4 Å². The Morgan fingerprint density at radius 1 is 1.13 bits per heavy atom. The molecule has 0 aromatic heterocycles. The van der Waals surface area contributed by atoms with Gasteiger partial charge in [0.05, 0.1) is 0 Å². The summed E-state index contributed by atoms with van der Waals surface area (Å²) in [4.78, 5) is 2.50. The summed E-state index contributed by atoms with van der Waals surface area (Å²) in [5.41, 5.74) is 0.710. The van der Waals surface area contributed by atoms with E-state index in [-0.39, 0.29) is 0 Å².